The molecule has 59 heavy (non-hydrogen) atoms. The van der Waals surface area contributed by atoms with Crippen molar-refractivity contribution in [2.75, 3.05) is 19.8 Å². The Bertz CT molecular complexity index is 1090. The van der Waals surface area contributed by atoms with E-state index in [1.165, 1.54) is 128 Å². The lowest BCUT2D eigenvalue weighted by Crippen LogP contribution is -2.27. The molecule has 0 radical (unpaired) electrons. The number of aliphatic hydroxyl groups is 1. The highest BCUT2D eigenvalue weighted by Gasteiger charge is 2.13. The lowest BCUT2D eigenvalue weighted by atomic mass is 10.0. The second-order valence-electron chi connectivity index (χ2n) is 16.2. The normalized spacial score (nSPS) is 13.2. The van der Waals surface area contributed by atoms with E-state index >= 15 is 0 Å². The van der Waals surface area contributed by atoms with Crippen LogP contribution in [0.3, 0.4) is 0 Å². The Morgan fingerprint density at radius 1 is 0.424 bits per heavy atom. The van der Waals surface area contributed by atoms with Gasteiger partial charge < -0.3 is 14.6 Å². The summed E-state index contributed by atoms with van der Waals surface area (Å²) in [5.74, 6) is -0.244. The summed E-state index contributed by atoms with van der Waals surface area (Å²) < 4.78 is 11.2. The molecular weight excluding hydrogens is 725 g/mol. The molecule has 1 N–H and O–H groups in total. The van der Waals surface area contributed by atoms with Gasteiger partial charge in [0.15, 0.2) is 0 Å². The molecule has 4 nitrogen and oxygen atoms in total. The number of ether oxygens (including phenoxy) is 2. The third-order valence-corrected chi connectivity index (χ3v) is 10.4. The monoisotopic (exact) mass is 819 g/mol. The maximum atomic E-state index is 12.2. The molecule has 0 fully saturated rings. The highest BCUT2D eigenvalue weighted by atomic mass is 16.6. The molecule has 0 amide bonds. The number of aliphatic hydroxyl groups excluding tert-OH is 1. The molecule has 1 unspecified atom stereocenters. The summed E-state index contributed by atoms with van der Waals surface area (Å²) >= 11 is 0. The number of carbonyl (C=O) groups excluding carboxylic acids is 1. The second-order valence-corrected chi connectivity index (χ2v) is 16.2. The van der Waals surface area contributed by atoms with Crippen molar-refractivity contribution in [2.24, 2.45) is 0 Å². The van der Waals surface area contributed by atoms with Crippen molar-refractivity contribution in [1.29, 1.82) is 0 Å². The predicted octanol–water partition coefficient (Wildman–Crippen LogP) is 16.9. The summed E-state index contributed by atoms with van der Waals surface area (Å²) in [6, 6.07) is 0. The van der Waals surface area contributed by atoms with Gasteiger partial charge in [-0.2, -0.15) is 0 Å². The van der Waals surface area contributed by atoms with Gasteiger partial charge in [-0.1, -0.05) is 214 Å². The summed E-state index contributed by atoms with van der Waals surface area (Å²) in [6.45, 7) is 5.18. The summed E-state index contributed by atoms with van der Waals surface area (Å²) in [7, 11) is 0. The van der Waals surface area contributed by atoms with Crippen molar-refractivity contribution in [3.63, 3.8) is 0 Å². The van der Waals surface area contributed by atoms with Crippen LogP contribution in [-0.2, 0) is 14.3 Å². The molecule has 0 bridgehead atoms. The molecule has 0 saturated carbocycles. The first kappa shape index (κ1) is 56.3. The average molecular weight is 819 g/mol. The van der Waals surface area contributed by atoms with E-state index in [2.05, 4.69) is 111 Å². The smallest absolute Gasteiger partial charge is 0.306 e. The van der Waals surface area contributed by atoms with E-state index < -0.39 is 6.10 Å². The van der Waals surface area contributed by atoms with Crippen LogP contribution in [0, 0.1) is 0 Å². The Balaban J connectivity index is 3.50. The van der Waals surface area contributed by atoms with Crippen LogP contribution in [0.25, 0.3) is 0 Å². The maximum Gasteiger partial charge on any atom is 0.306 e. The van der Waals surface area contributed by atoms with Crippen molar-refractivity contribution < 1.29 is 19.4 Å². The molecule has 0 saturated heterocycles. The fourth-order valence-corrected chi connectivity index (χ4v) is 6.71. The van der Waals surface area contributed by atoms with E-state index in [0.717, 1.165) is 70.6 Å². The minimum absolute atomic E-state index is 0.195. The van der Waals surface area contributed by atoms with Crippen LogP contribution in [0.15, 0.2) is 97.2 Å². The molecule has 0 aromatic rings. The number of carbonyl (C=O) groups is 1. The average Bonchev–Trinajstić information content (AvgIpc) is 3.24. The van der Waals surface area contributed by atoms with Crippen LogP contribution in [0.1, 0.15) is 219 Å². The standard InChI is InChI=1S/C55H94O4/c1-3-5-7-9-11-13-15-17-19-21-23-25-26-27-28-29-31-33-35-37-39-41-43-45-47-49-51-58-53-54(52-56)59-55(57)50-48-46-44-42-40-38-36-34-32-30-24-22-20-18-16-14-12-10-8-6-4-2/h6,8,12,14-15,17-18,20-21,23-24,30,34,36,40,42,54,56H,3-5,7,9-11,13,16,19,22,25-29,31-33,35,37-39,41,43-53H2,1-2H3/b8-6-,14-12-,17-15-,20-18-,23-21-,30-24-,36-34-,42-40-. The SMILES string of the molecule is CC/C=C\C/C=C\C/C=C\C/C=C\C/C=C\C/C=C\CCCCC(=O)OC(CO)COCCCCCCCCCCCCCCCC/C=C\C/C=C\CCCCCCC. The number of rotatable bonds is 45. The summed E-state index contributed by atoms with van der Waals surface area (Å²) in [4.78, 5) is 12.2. The number of esters is 1. The van der Waals surface area contributed by atoms with Crippen molar-refractivity contribution in [1.82, 2.24) is 0 Å². The third-order valence-electron chi connectivity index (χ3n) is 10.4. The molecule has 0 rings (SSSR count). The van der Waals surface area contributed by atoms with E-state index in [-0.39, 0.29) is 19.2 Å². The lowest BCUT2D eigenvalue weighted by molar-refractivity contribution is -0.154. The third kappa shape index (κ3) is 49.6. The topological polar surface area (TPSA) is 55.8 Å². The lowest BCUT2D eigenvalue weighted by Gasteiger charge is -2.15. The molecule has 0 heterocycles. The van der Waals surface area contributed by atoms with Crippen molar-refractivity contribution in [2.45, 2.75) is 225 Å². The van der Waals surface area contributed by atoms with Crippen LogP contribution in [0.5, 0.6) is 0 Å². The number of allylic oxidation sites excluding steroid dienone is 16. The molecule has 0 aliphatic carbocycles. The van der Waals surface area contributed by atoms with E-state index in [9.17, 15) is 9.90 Å². The summed E-state index contributed by atoms with van der Waals surface area (Å²) in [5, 5.41) is 9.64. The highest BCUT2D eigenvalue weighted by Crippen LogP contribution is 2.14. The molecule has 338 valence electrons. The van der Waals surface area contributed by atoms with Gasteiger partial charge in [0.25, 0.3) is 0 Å². The molecule has 0 spiro atoms. The fraction of sp³-hybridized carbons (Fsp3) is 0.691. The Morgan fingerprint density at radius 3 is 1.15 bits per heavy atom. The molecule has 0 aromatic carbocycles. The Labute approximate surface area is 366 Å². The fourth-order valence-electron chi connectivity index (χ4n) is 6.71. The van der Waals surface area contributed by atoms with Crippen LogP contribution in [0.2, 0.25) is 0 Å². The number of hydrogen-bond donors (Lipinski definition) is 1. The van der Waals surface area contributed by atoms with Crippen molar-refractivity contribution >= 4 is 5.97 Å². The maximum absolute atomic E-state index is 12.2. The summed E-state index contributed by atoms with van der Waals surface area (Å²) in [5.41, 5.74) is 0. The van der Waals surface area contributed by atoms with Gasteiger partial charge in [-0.3, -0.25) is 4.79 Å². The molecule has 0 aromatic heterocycles. The van der Waals surface area contributed by atoms with Gasteiger partial charge in [0.05, 0.1) is 13.2 Å². The number of unbranched alkanes of at least 4 members (excludes halogenated alkanes) is 21. The van der Waals surface area contributed by atoms with E-state index in [1.54, 1.807) is 0 Å². The van der Waals surface area contributed by atoms with E-state index in [0.29, 0.717) is 13.0 Å². The minimum Gasteiger partial charge on any atom is -0.457 e. The molecule has 0 aliphatic heterocycles. The minimum atomic E-state index is -0.564. The van der Waals surface area contributed by atoms with Crippen LogP contribution in [-0.4, -0.2) is 37.0 Å². The van der Waals surface area contributed by atoms with Crippen LogP contribution >= 0.6 is 0 Å². The molecule has 1 atom stereocenters. The molecule has 4 heteroatoms. The number of hydrogen-bond acceptors (Lipinski definition) is 4. The Hall–Kier alpha value is -2.69. The zero-order valence-corrected chi connectivity index (χ0v) is 38.7. The van der Waals surface area contributed by atoms with Gasteiger partial charge in [0, 0.05) is 13.0 Å². The predicted molar refractivity (Wildman–Crippen MR) is 260 cm³/mol. The van der Waals surface area contributed by atoms with Crippen LogP contribution < -0.4 is 0 Å². The van der Waals surface area contributed by atoms with Gasteiger partial charge in [0.2, 0.25) is 0 Å². The molecular formula is C55H94O4. The molecule has 0 aliphatic rings. The highest BCUT2D eigenvalue weighted by molar-refractivity contribution is 5.69. The summed E-state index contributed by atoms with van der Waals surface area (Å²) in [6.07, 6.45) is 73.5. The zero-order chi connectivity index (χ0) is 42.6. The first-order valence-electron chi connectivity index (χ1n) is 24.8. The quantitative estimate of drug-likeness (QED) is 0.0378. The first-order valence-corrected chi connectivity index (χ1v) is 24.8. The first-order chi connectivity index (χ1) is 29.2. The van der Waals surface area contributed by atoms with Gasteiger partial charge in [-0.15, -0.1) is 0 Å². The Morgan fingerprint density at radius 2 is 0.763 bits per heavy atom. The van der Waals surface area contributed by atoms with Gasteiger partial charge in [-0.05, 0) is 96.3 Å². The van der Waals surface area contributed by atoms with Gasteiger partial charge in [0.1, 0.15) is 6.10 Å². The van der Waals surface area contributed by atoms with Crippen molar-refractivity contribution in [3.8, 4) is 0 Å². The largest absolute Gasteiger partial charge is 0.457 e. The zero-order valence-electron chi connectivity index (χ0n) is 38.7. The Kier molecular flexibility index (Phi) is 49.1. The van der Waals surface area contributed by atoms with E-state index in [4.69, 9.17) is 9.47 Å². The van der Waals surface area contributed by atoms with E-state index in [1.807, 2.05) is 0 Å². The second kappa shape index (κ2) is 51.5. The van der Waals surface area contributed by atoms with Crippen LogP contribution in [0.4, 0.5) is 0 Å². The van der Waals surface area contributed by atoms with Gasteiger partial charge in [-0.25, -0.2) is 0 Å². The van der Waals surface area contributed by atoms with Crippen molar-refractivity contribution in [3.05, 3.63) is 97.2 Å². The van der Waals surface area contributed by atoms with Gasteiger partial charge >= 0.3 is 5.97 Å².